The number of carbonyl (C=O) groups is 2. The van der Waals surface area contributed by atoms with E-state index < -0.39 is 0 Å². The molecule has 2 aliphatic rings. The van der Waals surface area contributed by atoms with E-state index in [2.05, 4.69) is 5.32 Å². The quantitative estimate of drug-likeness (QED) is 0.900. The molecule has 1 heterocycles. The molecule has 0 saturated heterocycles. The molecule has 20 heavy (non-hydrogen) atoms. The van der Waals surface area contributed by atoms with Gasteiger partial charge in [-0.3, -0.25) is 9.59 Å². The molecule has 1 aliphatic carbocycles. The van der Waals surface area contributed by atoms with Crippen molar-refractivity contribution in [3.63, 3.8) is 0 Å². The number of carbonyl (C=O) groups excluding carboxylic acids is 2. The Bertz CT molecular complexity index is 521. The van der Waals surface area contributed by atoms with Gasteiger partial charge in [0.05, 0.1) is 11.4 Å². The van der Waals surface area contributed by atoms with Crippen LogP contribution in [0.1, 0.15) is 38.5 Å². The highest BCUT2D eigenvalue weighted by Crippen LogP contribution is 2.32. The van der Waals surface area contributed by atoms with E-state index in [9.17, 15) is 9.59 Å². The zero-order chi connectivity index (χ0) is 13.9. The van der Waals surface area contributed by atoms with Crippen molar-refractivity contribution in [1.82, 2.24) is 0 Å². The van der Waals surface area contributed by atoms with Gasteiger partial charge in [-0.05, 0) is 30.9 Å². The van der Waals surface area contributed by atoms with Gasteiger partial charge >= 0.3 is 0 Å². The van der Waals surface area contributed by atoms with Crippen LogP contribution >= 0.6 is 0 Å². The molecule has 1 aliphatic heterocycles. The SMILES string of the molecule is O=C1CN(C(=O)CC2CCCCC2)c2ccccc2N1. The lowest BCUT2D eigenvalue weighted by molar-refractivity contribution is -0.122. The lowest BCUT2D eigenvalue weighted by Gasteiger charge is -2.31. The fourth-order valence-corrected chi connectivity index (χ4v) is 3.20. The van der Waals surface area contributed by atoms with Crippen molar-refractivity contribution >= 4 is 23.2 Å². The third-order valence-corrected chi connectivity index (χ3v) is 4.26. The van der Waals surface area contributed by atoms with Crippen LogP contribution in [0, 0.1) is 5.92 Å². The van der Waals surface area contributed by atoms with Crippen molar-refractivity contribution in [3.05, 3.63) is 24.3 Å². The van der Waals surface area contributed by atoms with E-state index in [4.69, 9.17) is 0 Å². The van der Waals surface area contributed by atoms with E-state index in [0.717, 1.165) is 24.2 Å². The molecule has 0 unspecified atom stereocenters. The average Bonchev–Trinajstić information content (AvgIpc) is 2.47. The molecule has 4 nitrogen and oxygen atoms in total. The molecular weight excluding hydrogens is 252 g/mol. The Kier molecular flexibility index (Phi) is 3.72. The number of hydrogen-bond donors (Lipinski definition) is 1. The third kappa shape index (κ3) is 2.69. The predicted molar refractivity (Wildman–Crippen MR) is 78.6 cm³/mol. The molecule has 2 amide bonds. The van der Waals surface area contributed by atoms with Crippen molar-refractivity contribution in [2.75, 3.05) is 16.8 Å². The van der Waals surface area contributed by atoms with Crippen LogP contribution < -0.4 is 10.2 Å². The molecule has 0 aromatic heterocycles. The van der Waals surface area contributed by atoms with Crippen molar-refractivity contribution in [1.29, 1.82) is 0 Å². The molecule has 3 rings (SSSR count). The number of rotatable bonds is 2. The fourth-order valence-electron chi connectivity index (χ4n) is 3.20. The van der Waals surface area contributed by atoms with Gasteiger partial charge in [0, 0.05) is 6.42 Å². The standard InChI is InChI=1S/C16H20N2O2/c19-15-11-18(14-9-5-4-8-13(14)17-15)16(20)10-12-6-2-1-3-7-12/h4-5,8-9,12H,1-3,6-7,10-11H2,(H,17,19). The number of hydrogen-bond acceptors (Lipinski definition) is 2. The number of nitrogens with one attached hydrogen (secondary N) is 1. The van der Waals surface area contributed by atoms with Gasteiger partial charge in [0.1, 0.15) is 6.54 Å². The predicted octanol–water partition coefficient (Wildman–Crippen LogP) is 2.94. The summed E-state index contributed by atoms with van der Waals surface area (Å²) in [7, 11) is 0. The Balaban J connectivity index is 1.75. The van der Waals surface area contributed by atoms with Crippen LogP contribution in [0.25, 0.3) is 0 Å². The molecule has 1 N–H and O–H groups in total. The minimum Gasteiger partial charge on any atom is -0.323 e. The highest BCUT2D eigenvalue weighted by Gasteiger charge is 2.28. The van der Waals surface area contributed by atoms with Crippen LogP contribution in [0.2, 0.25) is 0 Å². The number of amides is 2. The van der Waals surface area contributed by atoms with Crippen LogP contribution in [-0.2, 0) is 9.59 Å². The van der Waals surface area contributed by atoms with Crippen LogP contribution in [0.5, 0.6) is 0 Å². The van der Waals surface area contributed by atoms with Crippen LogP contribution in [0.4, 0.5) is 11.4 Å². The molecule has 0 bridgehead atoms. The van der Waals surface area contributed by atoms with Gasteiger partial charge < -0.3 is 10.2 Å². The van der Waals surface area contributed by atoms with Crippen LogP contribution in [-0.4, -0.2) is 18.4 Å². The summed E-state index contributed by atoms with van der Waals surface area (Å²) >= 11 is 0. The lowest BCUT2D eigenvalue weighted by atomic mass is 9.86. The zero-order valence-electron chi connectivity index (χ0n) is 11.6. The van der Waals surface area contributed by atoms with Crippen LogP contribution in [0.15, 0.2) is 24.3 Å². The molecule has 1 saturated carbocycles. The van der Waals surface area contributed by atoms with Gasteiger partial charge in [0.2, 0.25) is 11.8 Å². The normalized spacial score (nSPS) is 19.4. The topological polar surface area (TPSA) is 49.4 Å². The highest BCUT2D eigenvalue weighted by atomic mass is 16.2. The minimum atomic E-state index is -0.110. The Hall–Kier alpha value is -1.84. The van der Waals surface area contributed by atoms with Gasteiger partial charge in [-0.1, -0.05) is 31.4 Å². The van der Waals surface area contributed by atoms with Gasteiger partial charge in [-0.25, -0.2) is 0 Å². The first-order valence-corrected chi connectivity index (χ1v) is 7.43. The zero-order valence-corrected chi connectivity index (χ0v) is 11.6. The first-order valence-electron chi connectivity index (χ1n) is 7.43. The molecule has 0 spiro atoms. The van der Waals surface area contributed by atoms with E-state index in [0.29, 0.717) is 12.3 Å². The van der Waals surface area contributed by atoms with E-state index in [1.807, 2.05) is 24.3 Å². The first-order chi connectivity index (χ1) is 9.74. The Morgan fingerprint density at radius 3 is 2.75 bits per heavy atom. The van der Waals surface area contributed by atoms with Crippen molar-refractivity contribution in [2.45, 2.75) is 38.5 Å². The van der Waals surface area contributed by atoms with E-state index in [1.54, 1.807) is 4.90 Å². The molecule has 106 valence electrons. The summed E-state index contributed by atoms with van der Waals surface area (Å²) in [4.78, 5) is 25.9. The van der Waals surface area contributed by atoms with Crippen molar-refractivity contribution in [2.24, 2.45) is 5.92 Å². The lowest BCUT2D eigenvalue weighted by Crippen LogP contribution is -2.42. The Morgan fingerprint density at radius 2 is 1.95 bits per heavy atom. The smallest absolute Gasteiger partial charge is 0.244 e. The van der Waals surface area contributed by atoms with Gasteiger partial charge in [-0.15, -0.1) is 0 Å². The van der Waals surface area contributed by atoms with E-state index in [-0.39, 0.29) is 18.4 Å². The summed E-state index contributed by atoms with van der Waals surface area (Å²) in [5.74, 6) is 0.466. The molecular formula is C16H20N2O2. The summed E-state index contributed by atoms with van der Waals surface area (Å²) < 4.78 is 0. The van der Waals surface area contributed by atoms with Crippen LogP contribution in [0.3, 0.4) is 0 Å². The van der Waals surface area contributed by atoms with Crippen molar-refractivity contribution in [3.8, 4) is 0 Å². The number of nitrogens with zero attached hydrogens (tertiary/aromatic N) is 1. The number of anilines is 2. The van der Waals surface area contributed by atoms with Gasteiger partial charge in [-0.2, -0.15) is 0 Å². The molecule has 1 aromatic carbocycles. The third-order valence-electron chi connectivity index (χ3n) is 4.26. The minimum absolute atomic E-state index is 0.0826. The summed E-state index contributed by atoms with van der Waals surface area (Å²) in [6, 6.07) is 7.51. The van der Waals surface area contributed by atoms with E-state index in [1.165, 1.54) is 19.3 Å². The Labute approximate surface area is 119 Å². The highest BCUT2D eigenvalue weighted by molar-refractivity contribution is 6.09. The molecule has 4 heteroatoms. The van der Waals surface area contributed by atoms with Gasteiger partial charge in [0.15, 0.2) is 0 Å². The average molecular weight is 272 g/mol. The summed E-state index contributed by atoms with van der Waals surface area (Å²) in [6.45, 7) is 0.141. The maximum Gasteiger partial charge on any atom is 0.244 e. The maximum atomic E-state index is 12.5. The molecule has 0 atom stereocenters. The number of benzene rings is 1. The largest absolute Gasteiger partial charge is 0.323 e. The number of fused-ring (bicyclic) bond motifs is 1. The second-order valence-corrected chi connectivity index (χ2v) is 5.75. The molecule has 1 fully saturated rings. The number of para-hydroxylation sites is 2. The summed E-state index contributed by atoms with van der Waals surface area (Å²) in [5, 5.41) is 2.82. The maximum absolute atomic E-state index is 12.5. The second-order valence-electron chi connectivity index (χ2n) is 5.75. The molecule has 0 radical (unpaired) electrons. The first kappa shape index (κ1) is 13.2. The van der Waals surface area contributed by atoms with Crippen molar-refractivity contribution < 1.29 is 9.59 Å². The fraction of sp³-hybridized carbons (Fsp3) is 0.500. The summed E-state index contributed by atoms with van der Waals surface area (Å²) in [5.41, 5.74) is 1.56. The Morgan fingerprint density at radius 1 is 1.20 bits per heavy atom. The van der Waals surface area contributed by atoms with E-state index >= 15 is 0 Å². The molecule has 1 aromatic rings. The summed E-state index contributed by atoms with van der Waals surface area (Å²) in [6.07, 6.45) is 6.62. The second kappa shape index (κ2) is 5.65. The monoisotopic (exact) mass is 272 g/mol. The van der Waals surface area contributed by atoms with Gasteiger partial charge in [0.25, 0.3) is 0 Å².